The van der Waals surface area contributed by atoms with E-state index in [2.05, 4.69) is 40.3 Å². The van der Waals surface area contributed by atoms with E-state index in [1.54, 1.807) is 0 Å². The average molecular weight is 295 g/mol. The van der Waals surface area contributed by atoms with Crippen LogP contribution >= 0.6 is 12.6 Å². The zero-order chi connectivity index (χ0) is 13.9. The van der Waals surface area contributed by atoms with Crippen LogP contribution in [0.4, 0.5) is 0 Å². The molecule has 0 aliphatic heterocycles. The van der Waals surface area contributed by atoms with Crippen LogP contribution < -0.4 is 0 Å². The van der Waals surface area contributed by atoms with Crippen molar-refractivity contribution in [3.05, 3.63) is 0 Å². The first-order valence-corrected chi connectivity index (χ1v) is 9.72. The molecule has 0 saturated carbocycles. The van der Waals surface area contributed by atoms with Crippen molar-refractivity contribution in [2.75, 3.05) is 13.2 Å². The molecule has 110 valence electrons. The highest BCUT2D eigenvalue weighted by molar-refractivity contribution is 7.80. The Balaban J connectivity index is 4.61. The molecule has 0 aromatic carbocycles. The van der Waals surface area contributed by atoms with Gasteiger partial charge in [0, 0.05) is 19.3 Å². The molecule has 0 fully saturated rings. The lowest BCUT2D eigenvalue weighted by Crippen LogP contribution is -2.48. The number of unbranched alkanes of at least 4 members (excludes halogenated alkanes) is 1. The summed E-state index contributed by atoms with van der Waals surface area (Å²) in [7, 11) is -2.52. The lowest BCUT2D eigenvalue weighted by Gasteiger charge is -2.31. The Morgan fingerprint density at radius 1 is 0.944 bits per heavy atom. The van der Waals surface area contributed by atoms with Gasteiger partial charge in [0.1, 0.15) is 0 Å². The van der Waals surface area contributed by atoms with Crippen LogP contribution in [0.1, 0.15) is 59.8 Å². The van der Waals surface area contributed by atoms with Crippen molar-refractivity contribution in [1.82, 2.24) is 0 Å². The van der Waals surface area contributed by atoms with Gasteiger partial charge in [0.15, 0.2) is 0 Å². The minimum absolute atomic E-state index is 0.0813. The quantitative estimate of drug-likeness (QED) is 0.331. The lowest BCUT2D eigenvalue weighted by molar-refractivity contribution is 0.0504. The number of rotatable bonds is 12. The van der Waals surface area contributed by atoms with Crippen molar-refractivity contribution < 1.29 is 13.3 Å². The Kier molecular flexibility index (Phi) is 11.6. The van der Waals surface area contributed by atoms with Crippen LogP contribution in [0.15, 0.2) is 0 Å². The van der Waals surface area contributed by atoms with Crippen LogP contribution in [0.2, 0.25) is 6.04 Å². The van der Waals surface area contributed by atoms with Crippen LogP contribution in [0.5, 0.6) is 0 Å². The van der Waals surface area contributed by atoms with Crippen molar-refractivity contribution in [2.45, 2.75) is 71.3 Å². The van der Waals surface area contributed by atoms with Gasteiger partial charge in [-0.15, -0.1) is 12.6 Å². The third kappa shape index (κ3) is 7.79. The van der Waals surface area contributed by atoms with E-state index in [9.17, 15) is 0 Å². The molecule has 0 amide bonds. The fourth-order valence-corrected chi connectivity index (χ4v) is 5.02. The van der Waals surface area contributed by atoms with Gasteiger partial charge in [0.25, 0.3) is 0 Å². The standard InChI is InChI=1S/C13H30O3SSi/c1-5-9-12-18(14-10-6-2,15-11-7-3)16-13(17)8-4/h13,17H,5-12H2,1-4H3. The van der Waals surface area contributed by atoms with Gasteiger partial charge in [-0.25, -0.2) is 0 Å². The third-order valence-corrected chi connectivity index (χ3v) is 6.12. The van der Waals surface area contributed by atoms with Crippen LogP contribution in [0, 0.1) is 0 Å². The van der Waals surface area contributed by atoms with E-state index >= 15 is 0 Å². The summed E-state index contributed by atoms with van der Waals surface area (Å²) < 4.78 is 18.1. The number of hydrogen-bond acceptors (Lipinski definition) is 4. The van der Waals surface area contributed by atoms with Crippen LogP contribution in [0.25, 0.3) is 0 Å². The fraction of sp³-hybridized carbons (Fsp3) is 1.00. The Morgan fingerprint density at radius 2 is 1.50 bits per heavy atom. The van der Waals surface area contributed by atoms with E-state index in [1.807, 2.05) is 0 Å². The van der Waals surface area contributed by atoms with Gasteiger partial charge in [-0.3, -0.25) is 0 Å². The Labute approximate surface area is 119 Å². The first-order chi connectivity index (χ1) is 8.64. The van der Waals surface area contributed by atoms with Crippen molar-refractivity contribution in [1.29, 1.82) is 0 Å². The van der Waals surface area contributed by atoms with E-state index in [-0.39, 0.29) is 5.44 Å². The summed E-state index contributed by atoms with van der Waals surface area (Å²) in [5.41, 5.74) is -0.0813. The Morgan fingerprint density at radius 3 is 1.89 bits per heavy atom. The van der Waals surface area contributed by atoms with E-state index in [0.29, 0.717) is 13.2 Å². The van der Waals surface area contributed by atoms with Gasteiger partial charge >= 0.3 is 8.80 Å². The van der Waals surface area contributed by atoms with Gasteiger partial charge in [0.2, 0.25) is 0 Å². The monoisotopic (exact) mass is 294 g/mol. The van der Waals surface area contributed by atoms with Crippen LogP contribution in [-0.2, 0) is 13.3 Å². The molecule has 5 heteroatoms. The number of hydrogen-bond donors (Lipinski definition) is 1. The van der Waals surface area contributed by atoms with Gasteiger partial charge in [0.05, 0.1) is 5.44 Å². The summed E-state index contributed by atoms with van der Waals surface area (Å²) in [5, 5.41) is 0. The second-order valence-electron chi connectivity index (χ2n) is 4.46. The minimum Gasteiger partial charge on any atom is -0.373 e. The van der Waals surface area contributed by atoms with Crippen molar-refractivity contribution >= 4 is 21.4 Å². The molecule has 0 spiro atoms. The summed E-state index contributed by atoms with van der Waals surface area (Å²) in [6.07, 6.45) is 5.07. The smallest absolute Gasteiger partial charge is 0.373 e. The van der Waals surface area contributed by atoms with E-state index in [1.165, 1.54) is 0 Å². The molecule has 1 atom stereocenters. The molecule has 18 heavy (non-hydrogen) atoms. The SMILES string of the molecule is CCCC[Si](OCCC)(OCCC)OC(S)CC. The second-order valence-corrected chi connectivity index (χ2v) is 7.72. The molecule has 0 radical (unpaired) electrons. The Hall–Kier alpha value is 0.447. The molecule has 0 heterocycles. The minimum atomic E-state index is -2.52. The van der Waals surface area contributed by atoms with Gasteiger partial charge < -0.3 is 13.3 Å². The largest absolute Gasteiger partial charge is 0.501 e. The first kappa shape index (κ1) is 18.4. The fourth-order valence-electron chi connectivity index (χ4n) is 1.51. The molecule has 0 N–H and O–H groups in total. The second kappa shape index (κ2) is 11.3. The molecule has 0 saturated heterocycles. The average Bonchev–Trinajstić information content (AvgIpc) is 2.40. The maximum atomic E-state index is 6.05. The molecule has 1 unspecified atom stereocenters. The van der Waals surface area contributed by atoms with Gasteiger partial charge in [-0.1, -0.05) is 34.1 Å². The summed E-state index contributed by atoms with van der Waals surface area (Å²) in [5.74, 6) is 0. The first-order valence-electron chi connectivity index (χ1n) is 7.27. The highest BCUT2D eigenvalue weighted by Gasteiger charge is 2.41. The maximum Gasteiger partial charge on any atom is 0.501 e. The predicted molar refractivity (Wildman–Crippen MR) is 82.1 cm³/mol. The molecule has 3 nitrogen and oxygen atoms in total. The van der Waals surface area contributed by atoms with Crippen molar-refractivity contribution in [3.8, 4) is 0 Å². The summed E-state index contributed by atoms with van der Waals surface area (Å²) in [6, 6.07) is 0.903. The highest BCUT2D eigenvalue weighted by atomic mass is 32.1. The van der Waals surface area contributed by atoms with E-state index in [4.69, 9.17) is 13.3 Å². The zero-order valence-electron chi connectivity index (χ0n) is 12.4. The maximum absolute atomic E-state index is 6.05. The highest BCUT2D eigenvalue weighted by Crippen LogP contribution is 2.23. The molecular formula is C13H30O3SSi. The molecule has 0 aromatic heterocycles. The topological polar surface area (TPSA) is 27.7 Å². The third-order valence-electron chi connectivity index (χ3n) is 2.55. The summed E-state index contributed by atoms with van der Waals surface area (Å²) in [6.45, 7) is 9.88. The van der Waals surface area contributed by atoms with Gasteiger partial charge in [-0.2, -0.15) is 0 Å². The molecule has 0 aliphatic rings. The molecule has 0 bridgehead atoms. The van der Waals surface area contributed by atoms with E-state index < -0.39 is 8.80 Å². The molecule has 0 aromatic rings. The predicted octanol–water partition coefficient (Wildman–Crippen LogP) is 4.26. The summed E-state index contributed by atoms with van der Waals surface area (Å²) >= 11 is 4.44. The Bertz CT molecular complexity index is 171. The normalized spacial score (nSPS) is 13.8. The van der Waals surface area contributed by atoms with E-state index in [0.717, 1.165) is 38.1 Å². The van der Waals surface area contributed by atoms with Gasteiger partial charge in [-0.05, 0) is 25.7 Å². The molecule has 0 aliphatic carbocycles. The zero-order valence-corrected chi connectivity index (χ0v) is 14.3. The summed E-state index contributed by atoms with van der Waals surface area (Å²) in [4.78, 5) is 0. The lowest BCUT2D eigenvalue weighted by atomic mass is 10.4. The molecule has 0 rings (SSSR count). The van der Waals surface area contributed by atoms with Crippen molar-refractivity contribution in [3.63, 3.8) is 0 Å². The van der Waals surface area contributed by atoms with Crippen LogP contribution in [-0.4, -0.2) is 27.5 Å². The number of thiol groups is 1. The van der Waals surface area contributed by atoms with Crippen molar-refractivity contribution in [2.24, 2.45) is 0 Å². The molecular weight excluding hydrogens is 264 g/mol. The van der Waals surface area contributed by atoms with Crippen LogP contribution in [0.3, 0.4) is 0 Å².